The molecule has 0 aliphatic heterocycles. The van der Waals surface area contributed by atoms with E-state index in [2.05, 4.69) is 17.2 Å². The predicted molar refractivity (Wildman–Crippen MR) is 173 cm³/mol. The van der Waals surface area contributed by atoms with Crippen molar-refractivity contribution >= 4 is 27.8 Å². The summed E-state index contributed by atoms with van der Waals surface area (Å²) in [4.78, 5) is 10.5. The van der Waals surface area contributed by atoms with E-state index in [1.54, 1.807) is 24.3 Å². The summed E-state index contributed by atoms with van der Waals surface area (Å²) < 4.78 is 45.1. The summed E-state index contributed by atoms with van der Waals surface area (Å²) in [7, 11) is 0. The summed E-state index contributed by atoms with van der Waals surface area (Å²) in [6.45, 7) is 2.65. The molecule has 3 aromatic rings. The lowest BCUT2D eigenvalue weighted by Gasteiger charge is -2.12. The highest BCUT2D eigenvalue weighted by atomic mass is 19.4. The number of phenolic OH excluding ortho intramolecular Hbond substituents is 1. The van der Waals surface area contributed by atoms with Crippen LogP contribution in [0.25, 0.3) is 10.8 Å². The molecule has 0 aliphatic carbocycles. The maximum absolute atomic E-state index is 13.1. The molecule has 0 fully saturated rings. The Morgan fingerprint density at radius 1 is 0.733 bits per heavy atom. The van der Waals surface area contributed by atoms with Crippen LogP contribution in [0.2, 0.25) is 0 Å². The summed E-state index contributed by atoms with van der Waals surface area (Å²) in [6, 6.07) is 10.4. The number of halogens is 3. The molecule has 0 radical (unpaired) electrons. The molecule has 0 unspecified atom stereocenters. The quantitative estimate of drug-likeness (QED) is 0.0548. The first-order valence-corrected chi connectivity index (χ1v) is 16.4. The number of benzene rings is 3. The van der Waals surface area contributed by atoms with Crippen molar-refractivity contribution in [1.82, 2.24) is 0 Å². The minimum atomic E-state index is -4.73. The van der Waals surface area contributed by atoms with Crippen molar-refractivity contribution in [3.63, 3.8) is 0 Å². The second-order valence-corrected chi connectivity index (χ2v) is 11.6. The zero-order valence-corrected chi connectivity index (χ0v) is 26.3. The minimum absolute atomic E-state index is 0.0541. The molecule has 0 aliphatic rings. The second-order valence-electron chi connectivity index (χ2n) is 11.6. The number of hydrogen-bond acceptors (Lipinski definition) is 6. The van der Waals surface area contributed by atoms with E-state index in [4.69, 9.17) is 4.74 Å². The smallest absolute Gasteiger partial charge is 0.416 e. The fourth-order valence-corrected chi connectivity index (χ4v) is 5.38. The molecule has 3 aromatic carbocycles. The van der Waals surface area contributed by atoms with Crippen LogP contribution in [-0.2, 0) is 6.18 Å². The van der Waals surface area contributed by atoms with E-state index in [-0.39, 0.29) is 22.9 Å². The van der Waals surface area contributed by atoms with Gasteiger partial charge in [0.15, 0.2) is 17.2 Å². The number of phenols is 1. The standard InChI is InChI=1S/C35H46F3N3O4/c1-2-3-4-5-6-7-8-9-10-11-12-13-14-15-16-19-24-45-33-26-31(28-20-17-18-21-29(28)34(33)42)40-39-30-23-22-27(35(36,37)38)25-32(30)41(43)44/h17-18,20-23,25-26,42H,2-16,19,24H2,1H3. The molecule has 0 heterocycles. The molecule has 7 nitrogen and oxygen atoms in total. The molecular weight excluding hydrogens is 583 g/mol. The lowest BCUT2D eigenvalue weighted by atomic mass is 10.0. The average Bonchev–Trinajstić information content (AvgIpc) is 3.02. The van der Waals surface area contributed by atoms with E-state index in [0.717, 1.165) is 31.4 Å². The molecule has 0 atom stereocenters. The van der Waals surface area contributed by atoms with Gasteiger partial charge in [0.25, 0.3) is 5.69 Å². The Morgan fingerprint density at radius 2 is 1.24 bits per heavy atom. The van der Waals surface area contributed by atoms with Crippen molar-refractivity contribution < 1.29 is 27.9 Å². The monoisotopic (exact) mass is 629 g/mol. The molecule has 45 heavy (non-hydrogen) atoms. The molecule has 0 saturated carbocycles. The van der Waals surface area contributed by atoms with E-state index in [0.29, 0.717) is 23.4 Å². The minimum Gasteiger partial charge on any atom is -0.504 e. The molecule has 246 valence electrons. The van der Waals surface area contributed by atoms with Crippen molar-refractivity contribution in [3.8, 4) is 11.5 Å². The van der Waals surface area contributed by atoms with Gasteiger partial charge in [-0.3, -0.25) is 10.1 Å². The van der Waals surface area contributed by atoms with Crippen LogP contribution in [0.1, 0.15) is 115 Å². The van der Waals surface area contributed by atoms with E-state index < -0.39 is 22.4 Å². The highest BCUT2D eigenvalue weighted by Gasteiger charge is 2.33. The van der Waals surface area contributed by atoms with Gasteiger partial charge in [0.1, 0.15) is 0 Å². The largest absolute Gasteiger partial charge is 0.504 e. The molecular formula is C35H46F3N3O4. The van der Waals surface area contributed by atoms with Gasteiger partial charge in [-0.05, 0) is 18.6 Å². The van der Waals surface area contributed by atoms with Gasteiger partial charge in [-0.15, -0.1) is 10.2 Å². The Labute approximate surface area is 264 Å². The number of rotatable bonds is 21. The summed E-state index contributed by atoms with van der Waals surface area (Å²) in [5.41, 5.74) is -2.01. The number of ether oxygens (including phenoxy) is 1. The molecule has 0 amide bonds. The normalized spacial score (nSPS) is 11.9. The van der Waals surface area contributed by atoms with Crippen LogP contribution in [0.3, 0.4) is 0 Å². The zero-order valence-electron chi connectivity index (χ0n) is 26.3. The maximum atomic E-state index is 13.1. The Balaban J connectivity index is 1.46. The number of fused-ring (bicyclic) bond motifs is 1. The summed E-state index contributed by atoms with van der Waals surface area (Å²) in [6.07, 6.45) is 15.5. The molecule has 0 spiro atoms. The zero-order chi connectivity index (χ0) is 32.5. The van der Waals surface area contributed by atoms with Crippen molar-refractivity contribution in [2.24, 2.45) is 10.2 Å². The first-order valence-electron chi connectivity index (χ1n) is 16.4. The van der Waals surface area contributed by atoms with Gasteiger partial charge >= 0.3 is 6.18 Å². The maximum Gasteiger partial charge on any atom is 0.416 e. The van der Waals surface area contributed by atoms with E-state index in [1.807, 2.05) is 0 Å². The van der Waals surface area contributed by atoms with Crippen LogP contribution in [-0.4, -0.2) is 16.6 Å². The number of aromatic hydroxyl groups is 1. The molecule has 3 rings (SSSR count). The number of nitro benzene ring substituents is 1. The fourth-order valence-electron chi connectivity index (χ4n) is 5.38. The van der Waals surface area contributed by atoms with Gasteiger partial charge in [0.05, 0.1) is 22.8 Å². The van der Waals surface area contributed by atoms with Crippen LogP contribution in [0, 0.1) is 10.1 Å². The number of unbranched alkanes of at least 4 members (excludes halogenated alkanes) is 15. The topological polar surface area (TPSA) is 97.3 Å². The Bertz CT molecular complexity index is 1380. The third-order valence-electron chi connectivity index (χ3n) is 7.98. The third-order valence-corrected chi connectivity index (χ3v) is 7.98. The molecule has 10 heteroatoms. The van der Waals surface area contributed by atoms with Gasteiger partial charge in [-0.25, -0.2) is 0 Å². The number of hydrogen-bond donors (Lipinski definition) is 1. The van der Waals surface area contributed by atoms with Gasteiger partial charge in [-0.1, -0.05) is 128 Å². The second kappa shape index (κ2) is 19.0. The van der Waals surface area contributed by atoms with E-state index >= 15 is 0 Å². The molecule has 1 N–H and O–H groups in total. The number of nitrogens with zero attached hydrogens (tertiary/aromatic N) is 3. The van der Waals surface area contributed by atoms with Crippen LogP contribution in [0.4, 0.5) is 30.2 Å². The van der Waals surface area contributed by atoms with Crippen molar-refractivity contribution in [2.75, 3.05) is 6.61 Å². The van der Waals surface area contributed by atoms with Crippen LogP contribution in [0.15, 0.2) is 58.8 Å². The molecule has 0 aromatic heterocycles. The Hall–Kier alpha value is -3.69. The summed E-state index contributed by atoms with van der Waals surface area (Å²) in [5.74, 6) is 0.145. The van der Waals surface area contributed by atoms with Crippen LogP contribution >= 0.6 is 0 Å². The fraction of sp³-hybridized carbons (Fsp3) is 0.543. The van der Waals surface area contributed by atoms with Gasteiger partial charge < -0.3 is 9.84 Å². The lowest BCUT2D eigenvalue weighted by Crippen LogP contribution is -2.05. The number of nitro groups is 1. The van der Waals surface area contributed by atoms with Crippen molar-refractivity contribution in [2.45, 2.75) is 116 Å². The highest BCUT2D eigenvalue weighted by molar-refractivity contribution is 5.98. The van der Waals surface area contributed by atoms with Crippen molar-refractivity contribution in [3.05, 3.63) is 64.2 Å². The predicted octanol–water partition coefficient (Wildman–Crippen LogP) is 12.5. The Kier molecular flexibility index (Phi) is 15.1. The summed E-state index contributed by atoms with van der Waals surface area (Å²) in [5, 5.41) is 31.3. The van der Waals surface area contributed by atoms with E-state index in [1.165, 1.54) is 89.5 Å². The Morgan fingerprint density at radius 3 is 1.78 bits per heavy atom. The first-order chi connectivity index (χ1) is 21.7. The first kappa shape index (κ1) is 35.8. The van der Waals surface area contributed by atoms with Gasteiger partial charge in [0, 0.05) is 22.9 Å². The third kappa shape index (κ3) is 12.0. The van der Waals surface area contributed by atoms with Gasteiger partial charge in [-0.2, -0.15) is 13.2 Å². The molecule has 0 bridgehead atoms. The van der Waals surface area contributed by atoms with Crippen molar-refractivity contribution in [1.29, 1.82) is 0 Å². The average molecular weight is 630 g/mol. The van der Waals surface area contributed by atoms with Gasteiger partial charge in [0.2, 0.25) is 0 Å². The number of alkyl halides is 3. The SMILES string of the molecule is CCCCCCCCCCCCCCCCCCOc1cc(N=Nc2ccc(C(F)(F)F)cc2[N+](=O)[O-])c2ccccc2c1O. The summed E-state index contributed by atoms with van der Waals surface area (Å²) >= 11 is 0. The number of azo groups is 1. The van der Waals surface area contributed by atoms with E-state index in [9.17, 15) is 28.4 Å². The highest BCUT2D eigenvalue weighted by Crippen LogP contribution is 2.42. The van der Waals surface area contributed by atoms with Crippen LogP contribution in [0.5, 0.6) is 11.5 Å². The molecule has 0 saturated heterocycles. The lowest BCUT2D eigenvalue weighted by molar-refractivity contribution is -0.384. The van der Waals surface area contributed by atoms with Crippen LogP contribution < -0.4 is 4.74 Å².